The first kappa shape index (κ1) is 15.3. The van der Waals surface area contributed by atoms with E-state index in [2.05, 4.69) is 60.4 Å². The van der Waals surface area contributed by atoms with Gasteiger partial charge >= 0.3 is 0 Å². The van der Waals surface area contributed by atoms with E-state index in [-0.39, 0.29) is 0 Å². The molecule has 1 saturated heterocycles. The summed E-state index contributed by atoms with van der Waals surface area (Å²) in [5.41, 5.74) is 3.06. The third-order valence-corrected chi connectivity index (χ3v) is 6.48. The Hall–Kier alpha value is -1.25. The molecular weight excluding hydrogens is 298 g/mol. The number of benzene rings is 2. The van der Waals surface area contributed by atoms with E-state index in [1.807, 2.05) is 11.8 Å². The number of piperidine rings is 1. The lowest BCUT2D eigenvalue weighted by atomic mass is 9.80. The molecule has 0 bridgehead atoms. The van der Waals surface area contributed by atoms with Gasteiger partial charge in [-0.2, -0.15) is 0 Å². The average molecular weight is 324 g/mol. The smallest absolute Gasteiger partial charge is 0.0160 e. The van der Waals surface area contributed by atoms with Gasteiger partial charge in [0.1, 0.15) is 0 Å². The fraction of sp³-hybridized carbons (Fsp3) is 0.429. The predicted octanol–water partition coefficient (Wildman–Crippen LogP) is 5.41. The normalized spacial score (nSPS) is 19.9. The van der Waals surface area contributed by atoms with Gasteiger partial charge in [-0.15, -0.1) is 0 Å². The fourth-order valence-corrected chi connectivity index (χ4v) is 5.37. The molecule has 2 aliphatic heterocycles. The fourth-order valence-electron chi connectivity index (χ4n) is 4.21. The number of likely N-dealkylation sites (tertiary alicyclic amines) is 1. The van der Waals surface area contributed by atoms with Crippen molar-refractivity contribution in [3.8, 4) is 0 Å². The molecule has 2 heterocycles. The average Bonchev–Trinajstić information content (AvgIpc) is 2.60. The molecule has 2 aliphatic rings. The molecule has 0 saturated carbocycles. The zero-order valence-electron chi connectivity index (χ0n) is 13.9. The lowest BCUT2D eigenvalue weighted by molar-refractivity contribution is 0.193. The Morgan fingerprint density at radius 1 is 0.913 bits per heavy atom. The first-order valence-corrected chi connectivity index (χ1v) is 9.72. The monoisotopic (exact) mass is 323 g/mol. The van der Waals surface area contributed by atoms with Crippen molar-refractivity contribution in [1.82, 2.24) is 4.90 Å². The van der Waals surface area contributed by atoms with Crippen LogP contribution in [0, 0.1) is 5.92 Å². The first-order valence-electron chi connectivity index (χ1n) is 8.91. The Bertz CT molecular complexity index is 630. The summed E-state index contributed by atoms with van der Waals surface area (Å²) in [5.74, 6) is 1.18. The van der Waals surface area contributed by atoms with Crippen LogP contribution in [0.25, 0.3) is 0 Å². The number of hydrogen-bond acceptors (Lipinski definition) is 2. The van der Waals surface area contributed by atoms with Gasteiger partial charge in [0.25, 0.3) is 0 Å². The van der Waals surface area contributed by atoms with Crippen molar-refractivity contribution in [1.29, 1.82) is 0 Å². The molecule has 0 amide bonds. The van der Waals surface area contributed by atoms with E-state index in [0.717, 1.165) is 0 Å². The highest BCUT2D eigenvalue weighted by molar-refractivity contribution is 7.99. The molecule has 0 N–H and O–H groups in total. The highest BCUT2D eigenvalue weighted by Gasteiger charge is 2.30. The highest BCUT2D eigenvalue weighted by atomic mass is 32.2. The standard InChI is InChI=1S/C21H25NS/c1-16(15-22-13-7-2-8-14-22)21-17-9-3-5-11-19(17)23-20-12-6-4-10-18(20)21/h3-6,9-12,16,21H,2,7-8,13-15H2,1H3. The van der Waals surface area contributed by atoms with Gasteiger partial charge in [-0.3, -0.25) is 0 Å². The van der Waals surface area contributed by atoms with Crippen LogP contribution in [0.5, 0.6) is 0 Å². The summed E-state index contributed by atoms with van der Waals surface area (Å²) in [7, 11) is 0. The van der Waals surface area contributed by atoms with Crippen LogP contribution in [0.3, 0.4) is 0 Å². The molecule has 1 fully saturated rings. The molecule has 4 rings (SSSR count). The van der Waals surface area contributed by atoms with Crippen LogP contribution in [0.1, 0.15) is 43.2 Å². The van der Waals surface area contributed by atoms with Gasteiger partial charge in [0.2, 0.25) is 0 Å². The second kappa shape index (κ2) is 6.70. The van der Waals surface area contributed by atoms with E-state index >= 15 is 0 Å². The van der Waals surface area contributed by atoms with Crippen molar-refractivity contribution in [2.75, 3.05) is 19.6 Å². The quantitative estimate of drug-likeness (QED) is 0.743. The first-order chi connectivity index (χ1) is 11.3. The second-order valence-corrected chi connectivity index (χ2v) is 8.08. The van der Waals surface area contributed by atoms with Crippen LogP contribution in [-0.4, -0.2) is 24.5 Å². The van der Waals surface area contributed by atoms with Crippen molar-refractivity contribution in [2.24, 2.45) is 5.92 Å². The van der Waals surface area contributed by atoms with E-state index in [1.54, 1.807) is 0 Å². The number of rotatable bonds is 3. The lowest BCUT2D eigenvalue weighted by Gasteiger charge is -2.36. The maximum atomic E-state index is 2.68. The molecule has 1 atom stereocenters. The van der Waals surface area contributed by atoms with Crippen LogP contribution in [-0.2, 0) is 0 Å². The second-order valence-electron chi connectivity index (χ2n) is 6.99. The maximum Gasteiger partial charge on any atom is 0.0160 e. The van der Waals surface area contributed by atoms with Gasteiger partial charge in [-0.25, -0.2) is 0 Å². The molecule has 1 nitrogen and oxygen atoms in total. The van der Waals surface area contributed by atoms with E-state index in [4.69, 9.17) is 0 Å². The zero-order valence-corrected chi connectivity index (χ0v) is 14.7. The SMILES string of the molecule is CC(CN1CCCCC1)C1c2ccccc2Sc2ccccc21. The molecule has 1 unspecified atom stereocenters. The summed E-state index contributed by atoms with van der Waals surface area (Å²) in [5, 5.41) is 0. The Balaban J connectivity index is 1.66. The maximum absolute atomic E-state index is 2.68. The third-order valence-electron chi connectivity index (χ3n) is 5.29. The summed E-state index contributed by atoms with van der Waals surface area (Å²) >= 11 is 1.94. The van der Waals surface area contributed by atoms with Crippen LogP contribution in [0.2, 0.25) is 0 Å². The molecule has 2 aromatic rings. The largest absolute Gasteiger partial charge is 0.303 e. The Morgan fingerprint density at radius 3 is 2.09 bits per heavy atom. The van der Waals surface area contributed by atoms with Gasteiger partial charge in [0.15, 0.2) is 0 Å². The molecule has 2 aromatic carbocycles. The van der Waals surface area contributed by atoms with Crippen molar-refractivity contribution in [3.63, 3.8) is 0 Å². The van der Waals surface area contributed by atoms with Crippen molar-refractivity contribution < 1.29 is 0 Å². The van der Waals surface area contributed by atoms with Crippen LogP contribution < -0.4 is 0 Å². The molecule has 0 radical (unpaired) electrons. The van der Waals surface area contributed by atoms with Gasteiger partial charge < -0.3 is 4.90 Å². The Kier molecular flexibility index (Phi) is 4.46. The number of fused-ring (bicyclic) bond motifs is 2. The highest BCUT2D eigenvalue weighted by Crippen LogP contribution is 2.48. The van der Waals surface area contributed by atoms with Gasteiger partial charge in [0, 0.05) is 22.3 Å². The van der Waals surface area contributed by atoms with E-state index in [9.17, 15) is 0 Å². The minimum atomic E-state index is 0.533. The molecule has 23 heavy (non-hydrogen) atoms. The lowest BCUT2D eigenvalue weighted by Crippen LogP contribution is -2.35. The van der Waals surface area contributed by atoms with E-state index in [0.29, 0.717) is 11.8 Å². The number of nitrogens with zero attached hydrogens (tertiary/aromatic N) is 1. The molecule has 0 spiro atoms. The van der Waals surface area contributed by atoms with E-state index in [1.165, 1.54) is 59.8 Å². The summed E-state index contributed by atoms with van der Waals surface area (Å²) < 4.78 is 0. The summed E-state index contributed by atoms with van der Waals surface area (Å²) in [4.78, 5) is 5.57. The summed E-state index contributed by atoms with van der Waals surface area (Å²) in [6.45, 7) is 6.24. The van der Waals surface area contributed by atoms with Gasteiger partial charge in [-0.05, 0) is 55.1 Å². The van der Waals surface area contributed by atoms with Crippen molar-refractivity contribution >= 4 is 11.8 Å². The summed E-state index contributed by atoms with van der Waals surface area (Å²) in [6.07, 6.45) is 4.16. The Labute approximate surface area is 144 Å². The van der Waals surface area contributed by atoms with Crippen molar-refractivity contribution in [3.05, 3.63) is 59.7 Å². The third kappa shape index (κ3) is 3.07. The minimum absolute atomic E-state index is 0.533. The van der Waals surface area contributed by atoms with Crippen LogP contribution in [0.15, 0.2) is 58.3 Å². The van der Waals surface area contributed by atoms with Crippen LogP contribution >= 0.6 is 11.8 Å². The van der Waals surface area contributed by atoms with Gasteiger partial charge in [0.05, 0.1) is 0 Å². The van der Waals surface area contributed by atoms with E-state index < -0.39 is 0 Å². The predicted molar refractivity (Wildman–Crippen MR) is 98.3 cm³/mol. The Morgan fingerprint density at radius 2 is 1.48 bits per heavy atom. The molecule has 2 heteroatoms. The molecule has 0 aromatic heterocycles. The number of hydrogen-bond donors (Lipinski definition) is 0. The zero-order chi connectivity index (χ0) is 15.6. The molecule has 0 aliphatic carbocycles. The van der Waals surface area contributed by atoms with Crippen molar-refractivity contribution in [2.45, 2.75) is 41.9 Å². The van der Waals surface area contributed by atoms with Crippen LogP contribution in [0.4, 0.5) is 0 Å². The molecular formula is C21H25NS. The minimum Gasteiger partial charge on any atom is -0.303 e. The summed E-state index contributed by atoms with van der Waals surface area (Å²) in [6, 6.07) is 18.0. The topological polar surface area (TPSA) is 3.24 Å². The molecule has 120 valence electrons. The van der Waals surface area contributed by atoms with Gasteiger partial charge in [-0.1, -0.05) is 61.5 Å².